The normalized spacial score (nSPS) is 13.4. The summed E-state index contributed by atoms with van der Waals surface area (Å²) >= 11 is 0. The second-order valence-electron chi connectivity index (χ2n) is 19.5. The van der Waals surface area contributed by atoms with Gasteiger partial charge >= 0.3 is 0 Å². The van der Waals surface area contributed by atoms with Crippen LogP contribution in [0.5, 0.6) is 0 Å². The van der Waals surface area contributed by atoms with Gasteiger partial charge in [-0.3, -0.25) is 0 Å². The summed E-state index contributed by atoms with van der Waals surface area (Å²) in [5, 5.41) is 10.6. The lowest BCUT2D eigenvalue weighted by atomic mass is 9.81. The standard InChI is InChI=1S/C57H54N2Si2/c1-57(2)51-35-43(58(41-21-11-9-12-22-41)53-27-17-19-39-29-32-44(36-49(39)53)60(3,4)5)31-34-48(51)56-47-26-16-15-25-46(47)55(38-52(56)57)59(42-23-13-10-14-24-42)54-28-18-20-40-30-33-45(37-50(40)54)61(6,7)8/h9-38H,1-8H3. The maximum Gasteiger partial charge on any atom is 0.0776 e. The molecule has 4 heteroatoms. The Balaban J connectivity index is 1.19. The molecule has 2 nitrogen and oxygen atoms in total. The lowest BCUT2D eigenvalue weighted by Gasteiger charge is -2.31. The molecule has 0 bridgehead atoms. The van der Waals surface area contributed by atoms with Gasteiger partial charge in [-0.15, -0.1) is 0 Å². The quantitative estimate of drug-likeness (QED) is 0.141. The zero-order valence-corrected chi connectivity index (χ0v) is 38.7. The number of fused-ring (bicyclic) bond motifs is 7. The van der Waals surface area contributed by atoms with E-state index in [-0.39, 0.29) is 5.41 Å². The van der Waals surface area contributed by atoms with E-state index in [4.69, 9.17) is 0 Å². The molecule has 61 heavy (non-hydrogen) atoms. The van der Waals surface area contributed by atoms with E-state index in [0.717, 1.165) is 11.4 Å². The van der Waals surface area contributed by atoms with Crippen molar-refractivity contribution >= 4 is 93.0 Å². The highest BCUT2D eigenvalue weighted by Crippen LogP contribution is 2.56. The van der Waals surface area contributed by atoms with Crippen LogP contribution < -0.4 is 20.2 Å². The van der Waals surface area contributed by atoms with Gasteiger partial charge in [0.25, 0.3) is 0 Å². The molecule has 0 radical (unpaired) electrons. The molecule has 300 valence electrons. The van der Waals surface area contributed by atoms with E-state index >= 15 is 0 Å². The van der Waals surface area contributed by atoms with Gasteiger partial charge in [-0.05, 0) is 93.0 Å². The van der Waals surface area contributed by atoms with E-state index in [9.17, 15) is 0 Å². The molecule has 0 aromatic heterocycles. The zero-order chi connectivity index (χ0) is 42.3. The Kier molecular flexibility index (Phi) is 9.24. The van der Waals surface area contributed by atoms with Crippen molar-refractivity contribution in [3.05, 3.63) is 193 Å². The lowest BCUT2D eigenvalue weighted by Crippen LogP contribution is -2.37. The Labute approximate surface area is 363 Å². The van der Waals surface area contributed by atoms with Crippen LogP contribution in [0.2, 0.25) is 39.3 Å². The van der Waals surface area contributed by atoms with Crippen LogP contribution in [0.25, 0.3) is 43.4 Å². The van der Waals surface area contributed by atoms with Crippen LogP contribution in [-0.2, 0) is 5.41 Å². The first-order valence-corrected chi connectivity index (χ1v) is 28.8. The molecular weight excluding hydrogens is 769 g/mol. The van der Waals surface area contributed by atoms with Crippen molar-refractivity contribution in [1.82, 2.24) is 0 Å². The summed E-state index contributed by atoms with van der Waals surface area (Å²) in [6.45, 7) is 19.5. The predicted molar refractivity (Wildman–Crippen MR) is 272 cm³/mol. The fourth-order valence-electron chi connectivity index (χ4n) is 9.70. The van der Waals surface area contributed by atoms with E-state index in [0.29, 0.717) is 0 Å². The molecule has 0 N–H and O–H groups in total. The summed E-state index contributed by atoms with van der Waals surface area (Å²) in [6, 6.07) is 68.6. The van der Waals surface area contributed by atoms with Gasteiger partial charge in [-0.1, -0.05) is 191 Å². The number of anilines is 6. The molecule has 0 atom stereocenters. The molecule has 0 saturated heterocycles. The summed E-state index contributed by atoms with van der Waals surface area (Å²) in [5.41, 5.74) is 12.2. The van der Waals surface area contributed by atoms with Gasteiger partial charge in [0.15, 0.2) is 0 Å². The molecule has 9 aromatic rings. The van der Waals surface area contributed by atoms with Crippen LogP contribution in [-0.4, -0.2) is 16.1 Å². The van der Waals surface area contributed by atoms with Gasteiger partial charge in [-0.25, -0.2) is 0 Å². The third-order valence-corrected chi connectivity index (χ3v) is 17.2. The van der Waals surface area contributed by atoms with Crippen molar-refractivity contribution in [2.45, 2.75) is 58.5 Å². The molecule has 9 aromatic carbocycles. The molecule has 0 saturated carbocycles. The van der Waals surface area contributed by atoms with E-state index in [1.165, 1.54) is 87.7 Å². The second kappa shape index (κ2) is 14.5. The van der Waals surface area contributed by atoms with Crippen molar-refractivity contribution in [3.8, 4) is 11.1 Å². The molecule has 10 rings (SSSR count). The maximum atomic E-state index is 2.52. The van der Waals surface area contributed by atoms with Crippen LogP contribution in [0.15, 0.2) is 182 Å². The van der Waals surface area contributed by atoms with Gasteiger partial charge in [0, 0.05) is 38.6 Å². The first-order valence-electron chi connectivity index (χ1n) is 21.8. The molecular formula is C57H54N2Si2. The minimum Gasteiger partial charge on any atom is -0.310 e. The summed E-state index contributed by atoms with van der Waals surface area (Å²) in [5.74, 6) is 0. The Hall–Kier alpha value is -6.21. The number of hydrogen-bond donors (Lipinski definition) is 0. The number of para-hydroxylation sites is 2. The van der Waals surface area contributed by atoms with Crippen LogP contribution in [0.4, 0.5) is 34.1 Å². The van der Waals surface area contributed by atoms with Crippen LogP contribution in [0, 0.1) is 0 Å². The molecule has 0 fully saturated rings. The number of rotatable bonds is 8. The maximum absolute atomic E-state index is 2.52. The van der Waals surface area contributed by atoms with E-state index in [1.54, 1.807) is 0 Å². The lowest BCUT2D eigenvalue weighted by molar-refractivity contribution is 0.661. The molecule has 1 aliphatic carbocycles. The summed E-state index contributed by atoms with van der Waals surface area (Å²) in [6.07, 6.45) is 0. The second-order valence-corrected chi connectivity index (χ2v) is 29.6. The van der Waals surface area contributed by atoms with Crippen LogP contribution >= 0.6 is 0 Å². The van der Waals surface area contributed by atoms with Gasteiger partial charge in [-0.2, -0.15) is 0 Å². The fraction of sp³-hybridized carbons (Fsp3) is 0.158. The SMILES string of the molecule is CC1(C)c2cc(N(c3ccccc3)c3cccc4ccc([Si](C)(C)C)cc34)ccc2-c2c1cc(N(c1ccccc1)c1cccc3ccc([Si](C)(C)C)cc13)c1ccccc21. The third-order valence-electron chi connectivity index (χ3n) is 13.1. The Morgan fingerprint density at radius 2 is 0.869 bits per heavy atom. The average molecular weight is 823 g/mol. The number of hydrogen-bond acceptors (Lipinski definition) is 2. The first-order chi connectivity index (χ1) is 29.3. The van der Waals surface area contributed by atoms with Crippen LogP contribution in [0.3, 0.4) is 0 Å². The molecule has 0 unspecified atom stereocenters. The fourth-order valence-corrected chi connectivity index (χ4v) is 12.0. The Morgan fingerprint density at radius 1 is 0.361 bits per heavy atom. The molecule has 0 amide bonds. The largest absolute Gasteiger partial charge is 0.310 e. The summed E-state index contributed by atoms with van der Waals surface area (Å²) in [4.78, 5) is 5.00. The minimum absolute atomic E-state index is 0.280. The average Bonchev–Trinajstić information content (AvgIpc) is 3.49. The van der Waals surface area contributed by atoms with E-state index in [1.807, 2.05) is 0 Å². The van der Waals surface area contributed by atoms with Crippen molar-refractivity contribution in [3.63, 3.8) is 0 Å². The molecule has 0 aliphatic heterocycles. The topological polar surface area (TPSA) is 6.48 Å². The minimum atomic E-state index is -1.58. The third kappa shape index (κ3) is 6.61. The van der Waals surface area contributed by atoms with Gasteiger partial charge in [0.2, 0.25) is 0 Å². The van der Waals surface area contributed by atoms with Gasteiger partial charge in [0.05, 0.1) is 33.2 Å². The highest BCUT2D eigenvalue weighted by molar-refractivity contribution is 6.89. The molecule has 1 aliphatic rings. The monoisotopic (exact) mass is 822 g/mol. The van der Waals surface area contributed by atoms with E-state index in [2.05, 4.69) is 245 Å². The van der Waals surface area contributed by atoms with E-state index < -0.39 is 16.1 Å². The Bertz CT molecular complexity index is 3140. The molecule has 0 spiro atoms. The highest BCUT2D eigenvalue weighted by atomic mass is 28.3. The van der Waals surface area contributed by atoms with Crippen molar-refractivity contribution in [1.29, 1.82) is 0 Å². The summed E-state index contributed by atoms with van der Waals surface area (Å²) in [7, 11) is -3.14. The van der Waals surface area contributed by atoms with Crippen molar-refractivity contribution in [2.24, 2.45) is 0 Å². The van der Waals surface area contributed by atoms with Gasteiger partial charge < -0.3 is 9.80 Å². The first kappa shape index (κ1) is 39.0. The highest BCUT2D eigenvalue weighted by Gasteiger charge is 2.39. The van der Waals surface area contributed by atoms with Crippen molar-refractivity contribution in [2.75, 3.05) is 9.80 Å². The number of benzene rings is 9. The van der Waals surface area contributed by atoms with Gasteiger partial charge in [0.1, 0.15) is 0 Å². The smallest absolute Gasteiger partial charge is 0.0776 e. The predicted octanol–water partition coefficient (Wildman–Crippen LogP) is 15.5. The van der Waals surface area contributed by atoms with Crippen molar-refractivity contribution < 1.29 is 0 Å². The Morgan fingerprint density at radius 3 is 1.43 bits per heavy atom. The zero-order valence-electron chi connectivity index (χ0n) is 36.7. The molecule has 0 heterocycles. The van der Waals surface area contributed by atoms with Crippen LogP contribution in [0.1, 0.15) is 25.0 Å². The number of nitrogens with zero attached hydrogens (tertiary/aromatic N) is 2. The summed E-state index contributed by atoms with van der Waals surface area (Å²) < 4.78 is 0.